The first-order valence-electron chi connectivity index (χ1n) is 5.82. The molecule has 3 N–H and O–H groups in total. The fraction of sp³-hybridized carbons (Fsp3) is 0.0667. The Morgan fingerprint density at radius 1 is 1.10 bits per heavy atom. The largest absolute Gasteiger partial charge is 0.497 e. The standard InChI is InChI=1S/C15H14N2O2.H2O/c1-19-14-9-7-12(8-10-14)11-16-17-15(18)13-5-3-2-4-6-13;/h2-11H,1H3,(H,17,18);1H2. The highest BCUT2D eigenvalue weighted by Gasteiger charge is 2.01. The molecule has 0 radical (unpaired) electrons. The molecule has 0 aromatic heterocycles. The summed E-state index contributed by atoms with van der Waals surface area (Å²) in [5.41, 5.74) is 3.94. The van der Waals surface area contributed by atoms with E-state index < -0.39 is 0 Å². The van der Waals surface area contributed by atoms with Crippen molar-refractivity contribution in [3.63, 3.8) is 0 Å². The number of methoxy groups -OCH3 is 1. The lowest BCUT2D eigenvalue weighted by Crippen LogP contribution is -2.17. The zero-order valence-corrected chi connectivity index (χ0v) is 11.0. The molecule has 20 heavy (non-hydrogen) atoms. The molecule has 104 valence electrons. The smallest absolute Gasteiger partial charge is 0.271 e. The summed E-state index contributed by atoms with van der Waals surface area (Å²) in [5, 5.41) is 3.91. The Hall–Kier alpha value is -2.66. The molecular weight excluding hydrogens is 256 g/mol. The third-order valence-corrected chi connectivity index (χ3v) is 2.53. The maximum absolute atomic E-state index is 11.7. The van der Waals surface area contributed by atoms with Gasteiger partial charge < -0.3 is 10.2 Å². The normalized spacial score (nSPS) is 9.85. The van der Waals surface area contributed by atoms with E-state index in [9.17, 15) is 4.79 Å². The number of nitrogens with zero attached hydrogens (tertiary/aromatic N) is 1. The predicted octanol–water partition coefficient (Wildman–Crippen LogP) is 1.63. The van der Waals surface area contributed by atoms with Crippen LogP contribution in [0, 0.1) is 0 Å². The van der Waals surface area contributed by atoms with Crippen LogP contribution >= 0.6 is 0 Å². The van der Waals surface area contributed by atoms with Crippen molar-refractivity contribution in [2.75, 3.05) is 7.11 Å². The number of amides is 1. The van der Waals surface area contributed by atoms with Crippen LogP contribution in [0.4, 0.5) is 0 Å². The van der Waals surface area contributed by atoms with Crippen molar-refractivity contribution in [2.45, 2.75) is 0 Å². The fourth-order valence-corrected chi connectivity index (χ4v) is 1.51. The molecule has 0 heterocycles. The number of rotatable bonds is 4. The first-order valence-corrected chi connectivity index (χ1v) is 5.82. The van der Waals surface area contributed by atoms with Gasteiger partial charge in [0.15, 0.2) is 0 Å². The number of carbonyl (C=O) groups excluding carboxylic acids is 1. The van der Waals surface area contributed by atoms with Gasteiger partial charge in [-0.2, -0.15) is 5.10 Å². The van der Waals surface area contributed by atoms with Crippen LogP contribution in [0.1, 0.15) is 15.9 Å². The summed E-state index contributed by atoms with van der Waals surface area (Å²) in [5.74, 6) is 0.552. The van der Waals surface area contributed by atoms with E-state index in [0.717, 1.165) is 11.3 Å². The van der Waals surface area contributed by atoms with Crippen LogP contribution in [0.2, 0.25) is 0 Å². The van der Waals surface area contributed by atoms with Gasteiger partial charge >= 0.3 is 0 Å². The van der Waals surface area contributed by atoms with E-state index in [4.69, 9.17) is 4.74 Å². The lowest BCUT2D eigenvalue weighted by molar-refractivity contribution is 0.0955. The van der Waals surface area contributed by atoms with Crippen LogP contribution in [-0.4, -0.2) is 24.7 Å². The molecular formula is C15H16N2O3. The Kier molecular flexibility index (Phi) is 5.93. The van der Waals surface area contributed by atoms with E-state index in [1.165, 1.54) is 0 Å². The van der Waals surface area contributed by atoms with Crippen LogP contribution in [0.5, 0.6) is 5.75 Å². The first-order chi connectivity index (χ1) is 9.29. The Bertz CT molecular complexity index is 565. The van der Waals surface area contributed by atoms with Crippen molar-refractivity contribution >= 4 is 12.1 Å². The molecule has 2 aromatic rings. The lowest BCUT2D eigenvalue weighted by atomic mass is 10.2. The number of nitrogens with one attached hydrogen (secondary N) is 1. The van der Waals surface area contributed by atoms with E-state index in [0.29, 0.717) is 5.56 Å². The molecule has 0 aliphatic carbocycles. The van der Waals surface area contributed by atoms with Gasteiger partial charge in [0.25, 0.3) is 5.91 Å². The van der Waals surface area contributed by atoms with Gasteiger partial charge in [-0.15, -0.1) is 0 Å². The van der Waals surface area contributed by atoms with Gasteiger partial charge in [-0.1, -0.05) is 18.2 Å². The highest BCUT2D eigenvalue weighted by Crippen LogP contribution is 2.09. The molecule has 0 aliphatic heterocycles. The third-order valence-electron chi connectivity index (χ3n) is 2.53. The summed E-state index contributed by atoms with van der Waals surface area (Å²) in [4.78, 5) is 11.7. The number of ether oxygens (including phenoxy) is 1. The lowest BCUT2D eigenvalue weighted by Gasteiger charge is -2.00. The summed E-state index contributed by atoms with van der Waals surface area (Å²) < 4.78 is 5.06. The van der Waals surface area contributed by atoms with Crippen molar-refractivity contribution in [2.24, 2.45) is 5.10 Å². The zero-order valence-electron chi connectivity index (χ0n) is 11.0. The van der Waals surface area contributed by atoms with E-state index in [2.05, 4.69) is 10.5 Å². The number of benzene rings is 2. The summed E-state index contributed by atoms with van der Waals surface area (Å²) in [6, 6.07) is 16.3. The molecule has 0 atom stereocenters. The van der Waals surface area contributed by atoms with Crippen LogP contribution in [0.3, 0.4) is 0 Å². The molecule has 0 fully saturated rings. The van der Waals surface area contributed by atoms with Crippen LogP contribution in [0.25, 0.3) is 0 Å². The van der Waals surface area contributed by atoms with E-state index in [1.54, 1.807) is 25.5 Å². The monoisotopic (exact) mass is 272 g/mol. The van der Waals surface area contributed by atoms with E-state index in [-0.39, 0.29) is 11.4 Å². The van der Waals surface area contributed by atoms with Gasteiger partial charge in [-0.3, -0.25) is 4.79 Å². The number of carbonyl (C=O) groups is 1. The fourth-order valence-electron chi connectivity index (χ4n) is 1.51. The molecule has 2 aromatic carbocycles. The Balaban J connectivity index is 0.00000200. The number of hydrogen-bond donors (Lipinski definition) is 1. The summed E-state index contributed by atoms with van der Waals surface area (Å²) in [7, 11) is 1.61. The molecule has 5 heteroatoms. The molecule has 2 rings (SSSR count). The van der Waals surface area contributed by atoms with Crippen molar-refractivity contribution in [1.82, 2.24) is 5.43 Å². The maximum atomic E-state index is 11.7. The molecule has 0 saturated heterocycles. The summed E-state index contributed by atoms with van der Waals surface area (Å²) in [6.07, 6.45) is 1.58. The molecule has 5 nitrogen and oxygen atoms in total. The molecule has 0 spiro atoms. The van der Waals surface area contributed by atoms with Crippen molar-refractivity contribution in [3.05, 3.63) is 65.7 Å². The summed E-state index contributed by atoms with van der Waals surface area (Å²) >= 11 is 0. The van der Waals surface area contributed by atoms with Gasteiger partial charge in [0.2, 0.25) is 0 Å². The quantitative estimate of drug-likeness (QED) is 0.678. The van der Waals surface area contributed by atoms with E-state index in [1.807, 2.05) is 42.5 Å². The van der Waals surface area contributed by atoms with Crippen molar-refractivity contribution < 1.29 is 15.0 Å². The molecule has 0 bridgehead atoms. The Labute approximate surface area is 117 Å². The van der Waals surface area contributed by atoms with E-state index >= 15 is 0 Å². The molecule has 0 aliphatic rings. The maximum Gasteiger partial charge on any atom is 0.271 e. The molecule has 0 saturated carbocycles. The van der Waals surface area contributed by atoms with Gasteiger partial charge in [0, 0.05) is 5.56 Å². The van der Waals surface area contributed by atoms with Gasteiger partial charge in [-0.05, 0) is 42.0 Å². The average molecular weight is 272 g/mol. The minimum Gasteiger partial charge on any atom is -0.497 e. The Morgan fingerprint density at radius 2 is 1.75 bits per heavy atom. The second kappa shape index (κ2) is 7.70. The minimum absolute atomic E-state index is 0. The second-order valence-corrected chi connectivity index (χ2v) is 3.84. The van der Waals surface area contributed by atoms with Gasteiger partial charge in [0.1, 0.15) is 5.75 Å². The van der Waals surface area contributed by atoms with Crippen LogP contribution in [0.15, 0.2) is 59.7 Å². The van der Waals surface area contributed by atoms with Crippen molar-refractivity contribution in [1.29, 1.82) is 0 Å². The highest BCUT2D eigenvalue weighted by molar-refractivity contribution is 5.94. The minimum atomic E-state index is -0.231. The van der Waals surface area contributed by atoms with Crippen LogP contribution < -0.4 is 10.2 Å². The third kappa shape index (κ3) is 4.22. The van der Waals surface area contributed by atoms with Gasteiger partial charge in [-0.25, -0.2) is 5.43 Å². The zero-order chi connectivity index (χ0) is 13.5. The second-order valence-electron chi connectivity index (χ2n) is 3.84. The van der Waals surface area contributed by atoms with Crippen molar-refractivity contribution in [3.8, 4) is 5.75 Å². The molecule has 0 unspecified atom stereocenters. The highest BCUT2D eigenvalue weighted by atomic mass is 16.5. The SMILES string of the molecule is COc1ccc(C=NNC(=O)c2ccccc2)cc1.O. The number of hydrogen-bond acceptors (Lipinski definition) is 3. The topological polar surface area (TPSA) is 82.2 Å². The molecule has 1 amide bonds. The Morgan fingerprint density at radius 3 is 2.35 bits per heavy atom. The average Bonchev–Trinajstić information content (AvgIpc) is 2.49. The van der Waals surface area contributed by atoms with Crippen LogP contribution in [-0.2, 0) is 0 Å². The summed E-state index contributed by atoms with van der Waals surface area (Å²) in [6.45, 7) is 0. The number of hydrazone groups is 1. The predicted molar refractivity (Wildman–Crippen MR) is 78.1 cm³/mol. The van der Waals surface area contributed by atoms with Gasteiger partial charge in [0.05, 0.1) is 13.3 Å². The first kappa shape index (κ1) is 15.4.